The molecule has 0 aromatic heterocycles. The number of benzene rings is 1. The zero-order valence-corrected chi connectivity index (χ0v) is 15.5. The molecule has 2 aliphatic heterocycles. The highest BCUT2D eigenvalue weighted by Crippen LogP contribution is 2.24. The number of aryl methyl sites for hydroxylation is 2. The minimum absolute atomic E-state index is 0.347. The van der Waals surface area contributed by atoms with E-state index >= 15 is 0 Å². The zero-order chi connectivity index (χ0) is 17.1. The van der Waals surface area contributed by atoms with Crippen LogP contribution in [0.4, 0.5) is 0 Å². The summed E-state index contributed by atoms with van der Waals surface area (Å²) in [7, 11) is 0. The predicted molar refractivity (Wildman–Crippen MR) is 102 cm³/mol. The molecule has 25 heavy (non-hydrogen) atoms. The summed E-state index contributed by atoms with van der Waals surface area (Å²) in [5, 5.41) is 0. The number of nitrogens with zero attached hydrogens (tertiary/aromatic N) is 2. The van der Waals surface area contributed by atoms with Gasteiger partial charge < -0.3 is 9.80 Å². The van der Waals surface area contributed by atoms with Crippen LogP contribution in [0.1, 0.15) is 61.6 Å². The average molecular weight is 341 g/mol. The largest absolute Gasteiger partial charge is 0.338 e. The second-order valence-electron chi connectivity index (χ2n) is 8.23. The van der Waals surface area contributed by atoms with E-state index in [9.17, 15) is 4.79 Å². The molecule has 2 saturated heterocycles. The molecule has 0 saturated carbocycles. The van der Waals surface area contributed by atoms with Gasteiger partial charge in [0.15, 0.2) is 0 Å². The maximum absolute atomic E-state index is 13.0. The van der Waals surface area contributed by atoms with E-state index in [4.69, 9.17) is 0 Å². The van der Waals surface area contributed by atoms with Crippen molar-refractivity contribution in [2.45, 2.75) is 70.3 Å². The van der Waals surface area contributed by atoms with Gasteiger partial charge in [-0.05, 0) is 87.6 Å². The fourth-order valence-electron chi connectivity index (χ4n) is 4.95. The van der Waals surface area contributed by atoms with E-state index in [0.717, 1.165) is 13.1 Å². The molecule has 0 spiro atoms. The molecule has 1 aromatic carbocycles. The van der Waals surface area contributed by atoms with Gasteiger partial charge >= 0.3 is 0 Å². The molecule has 0 N–H and O–H groups in total. The van der Waals surface area contributed by atoms with Crippen LogP contribution in [-0.4, -0.2) is 47.9 Å². The molecule has 0 radical (unpaired) electrons. The molecule has 2 heterocycles. The van der Waals surface area contributed by atoms with Gasteiger partial charge in [0, 0.05) is 19.1 Å². The summed E-state index contributed by atoms with van der Waals surface area (Å²) in [6, 6.07) is 7.22. The normalized spacial score (nSPS) is 24.3. The van der Waals surface area contributed by atoms with Gasteiger partial charge in [-0.15, -0.1) is 0 Å². The number of hydrogen-bond acceptors (Lipinski definition) is 2. The molecule has 3 aliphatic rings. The van der Waals surface area contributed by atoms with E-state index in [-0.39, 0.29) is 0 Å². The van der Waals surface area contributed by atoms with Crippen LogP contribution in [0.25, 0.3) is 0 Å². The van der Waals surface area contributed by atoms with Crippen molar-refractivity contribution in [3.05, 3.63) is 34.9 Å². The fourth-order valence-corrected chi connectivity index (χ4v) is 4.95. The topological polar surface area (TPSA) is 23.6 Å². The van der Waals surface area contributed by atoms with Gasteiger partial charge in [-0.3, -0.25) is 4.79 Å². The molecule has 0 bridgehead atoms. The minimum atomic E-state index is 0.347. The monoisotopic (exact) mass is 340 g/mol. The van der Waals surface area contributed by atoms with E-state index in [1.165, 1.54) is 87.6 Å². The summed E-state index contributed by atoms with van der Waals surface area (Å²) in [5.41, 5.74) is 4.22. The third kappa shape index (κ3) is 4.08. The molecule has 3 heteroatoms. The third-order valence-corrected chi connectivity index (χ3v) is 6.38. The standard InChI is InChI=1S/C22H32N2O/c25-22(16-18-10-11-19-7-1-2-8-20(19)15-18)24-14-4-3-9-21(24)17-23-12-5-6-13-23/h10-11,15,21H,1-9,12-14,16-17H2. The fraction of sp³-hybridized carbons (Fsp3) is 0.682. The van der Waals surface area contributed by atoms with Crippen LogP contribution in [0.15, 0.2) is 18.2 Å². The van der Waals surface area contributed by atoms with Crippen molar-refractivity contribution in [3.8, 4) is 0 Å². The summed E-state index contributed by atoms with van der Waals surface area (Å²) in [6.45, 7) is 4.50. The summed E-state index contributed by atoms with van der Waals surface area (Å²) in [4.78, 5) is 17.8. The Morgan fingerprint density at radius 3 is 2.52 bits per heavy atom. The highest BCUT2D eigenvalue weighted by Gasteiger charge is 2.29. The summed E-state index contributed by atoms with van der Waals surface area (Å²) >= 11 is 0. The second-order valence-corrected chi connectivity index (χ2v) is 8.23. The Kier molecular flexibility index (Phi) is 5.40. The van der Waals surface area contributed by atoms with Crippen molar-refractivity contribution in [3.63, 3.8) is 0 Å². The van der Waals surface area contributed by atoms with E-state index in [1.54, 1.807) is 0 Å². The van der Waals surface area contributed by atoms with Crippen LogP contribution >= 0.6 is 0 Å². The molecular weight excluding hydrogens is 308 g/mol. The van der Waals surface area contributed by atoms with Gasteiger partial charge in [-0.25, -0.2) is 0 Å². The summed E-state index contributed by atoms with van der Waals surface area (Å²) in [6.07, 6.45) is 11.9. The van der Waals surface area contributed by atoms with Crippen molar-refractivity contribution in [1.29, 1.82) is 0 Å². The van der Waals surface area contributed by atoms with E-state index < -0.39 is 0 Å². The van der Waals surface area contributed by atoms with Crippen molar-refractivity contribution in [2.24, 2.45) is 0 Å². The molecule has 1 amide bonds. The number of hydrogen-bond donors (Lipinski definition) is 0. The van der Waals surface area contributed by atoms with Crippen molar-refractivity contribution in [1.82, 2.24) is 9.80 Å². The summed E-state index contributed by atoms with van der Waals surface area (Å²) < 4.78 is 0. The van der Waals surface area contributed by atoms with E-state index in [0.29, 0.717) is 18.4 Å². The average Bonchev–Trinajstić information content (AvgIpc) is 3.15. The van der Waals surface area contributed by atoms with Gasteiger partial charge in [0.2, 0.25) is 5.91 Å². The maximum atomic E-state index is 13.0. The number of amides is 1. The Morgan fingerprint density at radius 2 is 1.68 bits per heavy atom. The number of rotatable bonds is 4. The maximum Gasteiger partial charge on any atom is 0.227 e. The van der Waals surface area contributed by atoms with Crippen LogP contribution in [0.5, 0.6) is 0 Å². The Labute approximate surface area is 152 Å². The Bertz CT molecular complexity index is 606. The Morgan fingerprint density at radius 1 is 0.920 bits per heavy atom. The number of piperidine rings is 1. The zero-order valence-electron chi connectivity index (χ0n) is 15.5. The minimum Gasteiger partial charge on any atom is -0.338 e. The quantitative estimate of drug-likeness (QED) is 0.836. The summed E-state index contributed by atoms with van der Waals surface area (Å²) in [5.74, 6) is 0.347. The highest BCUT2D eigenvalue weighted by molar-refractivity contribution is 5.79. The van der Waals surface area contributed by atoms with Crippen LogP contribution in [0, 0.1) is 0 Å². The number of carbonyl (C=O) groups is 1. The van der Waals surface area contributed by atoms with Crippen molar-refractivity contribution < 1.29 is 4.79 Å². The molecule has 1 atom stereocenters. The first-order valence-electron chi connectivity index (χ1n) is 10.4. The van der Waals surface area contributed by atoms with Crippen LogP contribution in [0.3, 0.4) is 0 Å². The smallest absolute Gasteiger partial charge is 0.227 e. The number of likely N-dealkylation sites (tertiary alicyclic amines) is 2. The van der Waals surface area contributed by atoms with Gasteiger partial charge in [0.1, 0.15) is 0 Å². The first-order valence-corrected chi connectivity index (χ1v) is 10.4. The van der Waals surface area contributed by atoms with Crippen LogP contribution < -0.4 is 0 Å². The van der Waals surface area contributed by atoms with Crippen LogP contribution in [0.2, 0.25) is 0 Å². The first kappa shape index (κ1) is 17.1. The van der Waals surface area contributed by atoms with Gasteiger partial charge in [0.05, 0.1) is 6.42 Å². The number of fused-ring (bicyclic) bond motifs is 1. The van der Waals surface area contributed by atoms with Gasteiger partial charge in [0.25, 0.3) is 0 Å². The lowest BCUT2D eigenvalue weighted by Crippen LogP contribution is -2.49. The first-order chi connectivity index (χ1) is 12.3. The molecule has 3 nitrogen and oxygen atoms in total. The van der Waals surface area contributed by atoms with Gasteiger partial charge in [-0.1, -0.05) is 18.2 Å². The lowest BCUT2D eigenvalue weighted by atomic mass is 9.90. The van der Waals surface area contributed by atoms with Gasteiger partial charge in [-0.2, -0.15) is 0 Å². The Balaban J connectivity index is 1.41. The van der Waals surface area contributed by atoms with Crippen molar-refractivity contribution in [2.75, 3.05) is 26.2 Å². The van der Waals surface area contributed by atoms with E-state index in [1.807, 2.05) is 0 Å². The molecule has 136 valence electrons. The lowest BCUT2D eigenvalue weighted by molar-refractivity contribution is -0.134. The molecule has 1 aliphatic carbocycles. The molecule has 1 aromatic rings. The Hall–Kier alpha value is -1.35. The number of carbonyl (C=O) groups excluding carboxylic acids is 1. The van der Waals surface area contributed by atoms with E-state index in [2.05, 4.69) is 28.0 Å². The molecule has 4 rings (SSSR count). The SMILES string of the molecule is O=C(Cc1ccc2c(c1)CCCC2)N1CCCCC1CN1CCCC1. The van der Waals surface area contributed by atoms with Crippen molar-refractivity contribution >= 4 is 5.91 Å². The third-order valence-electron chi connectivity index (χ3n) is 6.38. The molecule has 1 unspecified atom stereocenters. The second kappa shape index (κ2) is 7.90. The predicted octanol–water partition coefficient (Wildman–Crippen LogP) is 3.58. The molecule has 2 fully saturated rings. The lowest BCUT2D eigenvalue weighted by Gasteiger charge is -2.38. The molecular formula is C22H32N2O. The van der Waals surface area contributed by atoms with Crippen LogP contribution in [-0.2, 0) is 24.1 Å². The highest BCUT2D eigenvalue weighted by atomic mass is 16.2.